The molecule has 1 fully saturated rings. The zero-order chi connectivity index (χ0) is 14.3. The molecule has 1 atom stereocenters. The Morgan fingerprint density at radius 1 is 1.35 bits per heavy atom. The van der Waals surface area contributed by atoms with Crippen molar-refractivity contribution in [2.75, 3.05) is 6.54 Å². The summed E-state index contributed by atoms with van der Waals surface area (Å²) in [5.74, 6) is 0.233. The molecule has 3 heterocycles. The number of nitrogens with zero attached hydrogens (tertiary/aromatic N) is 3. The minimum absolute atomic E-state index is 0.166. The number of amides is 1. The molecule has 0 radical (unpaired) electrons. The van der Waals surface area contributed by atoms with Crippen molar-refractivity contribution < 1.29 is 4.79 Å². The molecule has 2 aromatic rings. The third kappa shape index (κ3) is 2.09. The second kappa shape index (κ2) is 4.62. The van der Waals surface area contributed by atoms with E-state index in [1.807, 2.05) is 50.2 Å². The van der Waals surface area contributed by atoms with Crippen molar-refractivity contribution in [1.29, 1.82) is 0 Å². The number of carbonyl (C=O) groups excluding carboxylic acids is 1. The second-order valence-corrected chi connectivity index (χ2v) is 6.51. The number of aromatic nitrogens is 2. The Bertz CT molecular complexity index is 638. The minimum atomic E-state index is -0.328. The average Bonchev–Trinajstić information content (AvgIpc) is 3.04. The second-order valence-electron chi connectivity index (χ2n) is 6.51. The molecular weight excluding hydrogens is 250 g/mol. The molecule has 0 aromatic carbocycles. The molecule has 20 heavy (non-hydrogen) atoms. The lowest BCUT2D eigenvalue weighted by Crippen LogP contribution is -2.39. The predicted molar refractivity (Wildman–Crippen MR) is 78.3 cm³/mol. The number of fused-ring (bicyclic) bond motifs is 1. The smallest absolute Gasteiger partial charge is 0.228 e. The minimum Gasteiger partial charge on any atom is -0.334 e. The molecular formula is C16H21N3O. The quantitative estimate of drug-likeness (QED) is 0.799. The maximum absolute atomic E-state index is 12.6. The van der Waals surface area contributed by atoms with Crippen LogP contribution in [0.15, 0.2) is 30.6 Å². The summed E-state index contributed by atoms with van der Waals surface area (Å²) < 4.78 is 2.10. The fraction of sp³-hybridized carbons (Fsp3) is 0.500. The number of likely N-dealkylation sites (tertiary alicyclic amines) is 1. The molecule has 1 amide bonds. The molecule has 4 nitrogen and oxygen atoms in total. The summed E-state index contributed by atoms with van der Waals surface area (Å²) >= 11 is 0. The van der Waals surface area contributed by atoms with Crippen LogP contribution < -0.4 is 0 Å². The SMILES string of the molecule is CC(C)(C)C(=O)N1CCCC1c1cccc2nccn12. The zero-order valence-electron chi connectivity index (χ0n) is 12.3. The van der Waals surface area contributed by atoms with Gasteiger partial charge in [0, 0.05) is 30.0 Å². The Morgan fingerprint density at radius 2 is 2.15 bits per heavy atom. The molecule has 0 spiro atoms. The van der Waals surface area contributed by atoms with Gasteiger partial charge >= 0.3 is 0 Å². The first-order valence-electron chi connectivity index (χ1n) is 7.21. The number of hydrogen-bond acceptors (Lipinski definition) is 2. The van der Waals surface area contributed by atoms with Crippen molar-refractivity contribution in [3.63, 3.8) is 0 Å². The van der Waals surface area contributed by atoms with Gasteiger partial charge in [-0.2, -0.15) is 0 Å². The summed E-state index contributed by atoms with van der Waals surface area (Å²) in [6.07, 6.45) is 5.88. The van der Waals surface area contributed by atoms with Crippen LogP contribution in [0.25, 0.3) is 5.65 Å². The summed E-state index contributed by atoms with van der Waals surface area (Å²) in [6, 6.07) is 6.29. The Kier molecular flexibility index (Phi) is 3.04. The van der Waals surface area contributed by atoms with Crippen LogP contribution in [-0.2, 0) is 4.79 Å². The van der Waals surface area contributed by atoms with E-state index in [-0.39, 0.29) is 17.4 Å². The van der Waals surface area contributed by atoms with Gasteiger partial charge in [-0.3, -0.25) is 4.79 Å². The van der Waals surface area contributed by atoms with E-state index in [2.05, 4.69) is 15.5 Å². The van der Waals surface area contributed by atoms with Gasteiger partial charge in [-0.1, -0.05) is 26.8 Å². The summed E-state index contributed by atoms with van der Waals surface area (Å²) in [6.45, 7) is 6.82. The van der Waals surface area contributed by atoms with Gasteiger partial charge in [-0.05, 0) is 25.0 Å². The van der Waals surface area contributed by atoms with Gasteiger partial charge in [0.1, 0.15) is 5.65 Å². The number of hydrogen-bond donors (Lipinski definition) is 0. The van der Waals surface area contributed by atoms with E-state index in [4.69, 9.17) is 0 Å². The van der Waals surface area contributed by atoms with Crippen LogP contribution in [0.2, 0.25) is 0 Å². The van der Waals surface area contributed by atoms with Gasteiger partial charge in [0.15, 0.2) is 0 Å². The molecule has 0 bridgehead atoms. The van der Waals surface area contributed by atoms with E-state index < -0.39 is 0 Å². The van der Waals surface area contributed by atoms with E-state index in [1.165, 1.54) is 0 Å². The van der Waals surface area contributed by atoms with Crippen LogP contribution in [0.1, 0.15) is 45.3 Å². The van der Waals surface area contributed by atoms with Crippen molar-refractivity contribution in [2.45, 2.75) is 39.7 Å². The van der Waals surface area contributed by atoms with E-state index in [0.29, 0.717) is 0 Å². The number of rotatable bonds is 1. The molecule has 1 unspecified atom stereocenters. The Balaban J connectivity index is 2.01. The van der Waals surface area contributed by atoms with Gasteiger partial charge in [-0.25, -0.2) is 4.98 Å². The number of imidazole rings is 1. The molecule has 1 aliphatic heterocycles. The van der Waals surface area contributed by atoms with Gasteiger partial charge in [-0.15, -0.1) is 0 Å². The fourth-order valence-corrected chi connectivity index (χ4v) is 2.99. The Morgan fingerprint density at radius 3 is 2.90 bits per heavy atom. The van der Waals surface area contributed by atoms with Crippen molar-refractivity contribution >= 4 is 11.6 Å². The third-order valence-corrected chi connectivity index (χ3v) is 3.96. The largest absolute Gasteiger partial charge is 0.334 e. The monoisotopic (exact) mass is 271 g/mol. The highest BCUT2D eigenvalue weighted by atomic mass is 16.2. The van der Waals surface area contributed by atoms with E-state index >= 15 is 0 Å². The summed E-state index contributed by atoms with van der Waals surface area (Å²) in [5.41, 5.74) is 1.78. The third-order valence-electron chi connectivity index (χ3n) is 3.96. The molecule has 1 aliphatic rings. The van der Waals surface area contributed by atoms with Crippen LogP contribution in [0, 0.1) is 5.41 Å². The average molecular weight is 271 g/mol. The topological polar surface area (TPSA) is 37.6 Å². The lowest BCUT2D eigenvalue weighted by molar-refractivity contribution is -0.140. The predicted octanol–water partition coefficient (Wildman–Crippen LogP) is 3.04. The first-order valence-corrected chi connectivity index (χ1v) is 7.21. The van der Waals surface area contributed by atoms with Crippen LogP contribution >= 0.6 is 0 Å². The maximum Gasteiger partial charge on any atom is 0.228 e. The zero-order valence-corrected chi connectivity index (χ0v) is 12.3. The maximum atomic E-state index is 12.6. The van der Waals surface area contributed by atoms with Crippen LogP contribution in [0.5, 0.6) is 0 Å². The highest BCUT2D eigenvalue weighted by molar-refractivity contribution is 5.82. The highest BCUT2D eigenvalue weighted by Crippen LogP contribution is 2.35. The molecule has 3 rings (SSSR count). The fourth-order valence-electron chi connectivity index (χ4n) is 2.99. The summed E-state index contributed by atoms with van der Waals surface area (Å²) in [7, 11) is 0. The van der Waals surface area contributed by atoms with Crippen LogP contribution in [-0.4, -0.2) is 26.7 Å². The van der Waals surface area contributed by atoms with Gasteiger partial charge < -0.3 is 9.30 Å². The Hall–Kier alpha value is -1.84. The molecule has 0 aliphatic carbocycles. The van der Waals surface area contributed by atoms with Crippen molar-refractivity contribution in [2.24, 2.45) is 5.41 Å². The first kappa shape index (κ1) is 13.2. The van der Waals surface area contributed by atoms with E-state index in [1.54, 1.807) is 0 Å². The summed E-state index contributed by atoms with van der Waals surface area (Å²) in [4.78, 5) is 19.0. The van der Waals surface area contributed by atoms with Crippen molar-refractivity contribution in [3.8, 4) is 0 Å². The first-order chi connectivity index (χ1) is 9.48. The number of pyridine rings is 1. The lowest BCUT2D eigenvalue weighted by Gasteiger charge is -2.31. The van der Waals surface area contributed by atoms with E-state index in [9.17, 15) is 4.79 Å². The standard InChI is InChI=1S/C16H21N3O/c1-16(2,3)15(20)19-10-5-7-13(19)12-6-4-8-14-17-9-11-18(12)14/h4,6,8-9,11,13H,5,7,10H2,1-3H3. The molecule has 2 aromatic heterocycles. The molecule has 106 valence electrons. The molecule has 4 heteroatoms. The molecule has 1 saturated heterocycles. The molecule has 0 N–H and O–H groups in total. The Labute approximate surface area is 119 Å². The van der Waals surface area contributed by atoms with Crippen molar-refractivity contribution in [3.05, 3.63) is 36.3 Å². The van der Waals surface area contributed by atoms with Gasteiger partial charge in [0.25, 0.3) is 0 Å². The molecule has 0 saturated carbocycles. The summed E-state index contributed by atoms with van der Waals surface area (Å²) in [5, 5.41) is 0. The van der Waals surface area contributed by atoms with Gasteiger partial charge in [0.05, 0.1) is 6.04 Å². The number of carbonyl (C=O) groups is 1. The van der Waals surface area contributed by atoms with E-state index in [0.717, 1.165) is 30.7 Å². The van der Waals surface area contributed by atoms with Crippen LogP contribution in [0.4, 0.5) is 0 Å². The normalized spacial score (nSPS) is 19.8. The highest BCUT2D eigenvalue weighted by Gasteiger charge is 2.36. The van der Waals surface area contributed by atoms with Gasteiger partial charge in [0.2, 0.25) is 5.91 Å². The van der Waals surface area contributed by atoms with Crippen LogP contribution in [0.3, 0.4) is 0 Å². The lowest BCUT2D eigenvalue weighted by atomic mass is 9.94. The van der Waals surface area contributed by atoms with Crippen molar-refractivity contribution in [1.82, 2.24) is 14.3 Å².